The van der Waals surface area contributed by atoms with Gasteiger partial charge in [-0.05, 0) is 9.91 Å². The van der Waals surface area contributed by atoms with Crippen molar-refractivity contribution in [2.24, 2.45) is 0 Å². The third-order valence-electron chi connectivity index (χ3n) is 1.55. The molecule has 0 bridgehead atoms. The van der Waals surface area contributed by atoms with Crippen LogP contribution in [0.4, 0.5) is 14.6 Å². The molecule has 1 heterocycles. The quantitative estimate of drug-likeness (QED) is 0.580. The standard InChI is InChI=1S/C7H2ClF2N3O2/c8-5-3(1-11)4(6(9)10)2-12-7(5)13(14)15/h2,6H. The predicted molar refractivity (Wildman–Crippen MR) is 45.6 cm³/mol. The summed E-state index contributed by atoms with van der Waals surface area (Å²) in [6, 6.07) is 1.38. The van der Waals surface area contributed by atoms with Crippen LogP contribution >= 0.6 is 11.6 Å². The summed E-state index contributed by atoms with van der Waals surface area (Å²) in [6.07, 6.45) is -2.38. The molecule has 0 radical (unpaired) electrons. The molecule has 0 aliphatic carbocycles. The first-order chi connectivity index (χ1) is 6.99. The van der Waals surface area contributed by atoms with Crippen LogP contribution in [0.2, 0.25) is 5.02 Å². The van der Waals surface area contributed by atoms with E-state index in [9.17, 15) is 18.9 Å². The summed E-state index contributed by atoms with van der Waals surface area (Å²) in [5, 5.41) is 18.2. The number of nitro groups is 1. The average molecular weight is 234 g/mol. The van der Waals surface area contributed by atoms with Gasteiger partial charge in [0.2, 0.25) is 0 Å². The van der Waals surface area contributed by atoms with Crippen molar-refractivity contribution in [3.8, 4) is 6.07 Å². The minimum Gasteiger partial charge on any atom is -0.358 e. The van der Waals surface area contributed by atoms with Crippen LogP contribution in [0.25, 0.3) is 0 Å². The second-order valence-corrected chi connectivity index (χ2v) is 2.77. The van der Waals surface area contributed by atoms with Crippen LogP contribution in [-0.2, 0) is 0 Å². The maximum atomic E-state index is 12.3. The molecule has 0 saturated heterocycles. The molecule has 0 atom stereocenters. The summed E-state index contributed by atoms with van der Waals surface area (Å²) < 4.78 is 24.6. The van der Waals surface area contributed by atoms with Crippen molar-refractivity contribution in [1.82, 2.24) is 4.98 Å². The lowest BCUT2D eigenvalue weighted by atomic mass is 10.1. The maximum absolute atomic E-state index is 12.3. The predicted octanol–water partition coefficient (Wildman–Crippen LogP) is 2.45. The summed E-state index contributed by atoms with van der Waals surface area (Å²) >= 11 is 5.39. The molecule has 0 aliphatic heterocycles. The van der Waals surface area contributed by atoms with Gasteiger partial charge in [-0.1, -0.05) is 11.6 Å². The van der Waals surface area contributed by atoms with Gasteiger partial charge in [-0.2, -0.15) is 5.26 Å². The molecule has 1 aromatic heterocycles. The molecule has 0 N–H and O–H groups in total. The van der Waals surface area contributed by atoms with Crippen LogP contribution in [0.5, 0.6) is 0 Å². The van der Waals surface area contributed by atoms with Crippen molar-refractivity contribution < 1.29 is 13.7 Å². The topological polar surface area (TPSA) is 79.8 Å². The summed E-state index contributed by atoms with van der Waals surface area (Å²) in [6.45, 7) is 0. The van der Waals surface area contributed by atoms with Crippen molar-refractivity contribution in [1.29, 1.82) is 5.26 Å². The lowest BCUT2D eigenvalue weighted by Crippen LogP contribution is -1.99. The van der Waals surface area contributed by atoms with Crippen LogP contribution in [0.15, 0.2) is 6.20 Å². The number of hydrogen-bond donors (Lipinski definition) is 0. The van der Waals surface area contributed by atoms with Gasteiger partial charge in [-0.3, -0.25) is 0 Å². The van der Waals surface area contributed by atoms with Gasteiger partial charge in [-0.25, -0.2) is 8.78 Å². The van der Waals surface area contributed by atoms with Crippen molar-refractivity contribution >= 4 is 17.4 Å². The fourth-order valence-corrected chi connectivity index (χ4v) is 1.17. The van der Waals surface area contributed by atoms with Gasteiger partial charge in [0, 0.05) is 0 Å². The lowest BCUT2D eigenvalue weighted by Gasteiger charge is -2.02. The fourth-order valence-electron chi connectivity index (χ4n) is 0.897. The van der Waals surface area contributed by atoms with Crippen LogP contribution in [0.3, 0.4) is 0 Å². The molecule has 0 spiro atoms. The average Bonchev–Trinajstić information content (AvgIpc) is 2.16. The summed E-state index contributed by atoms with van der Waals surface area (Å²) in [7, 11) is 0. The molecular weight excluding hydrogens is 232 g/mol. The highest BCUT2D eigenvalue weighted by atomic mass is 35.5. The Morgan fingerprint density at radius 1 is 1.67 bits per heavy atom. The molecule has 0 saturated carbocycles. The number of alkyl halides is 2. The SMILES string of the molecule is N#Cc1c(C(F)F)cnc([N+](=O)[O-])c1Cl. The van der Waals surface area contributed by atoms with Gasteiger partial charge in [0.25, 0.3) is 6.43 Å². The molecule has 0 unspecified atom stereocenters. The van der Waals surface area contributed by atoms with E-state index in [1.807, 2.05) is 0 Å². The summed E-state index contributed by atoms with van der Waals surface area (Å²) in [5.41, 5.74) is -1.33. The second kappa shape index (κ2) is 4.14. The number of nitriles is 1. The Kier molecular flexibility index (Phi) is 3.11. The Morgan fingerprint density at radius 3 is 2.67 bits per heavy atom. The van der Waals surface area contributed by atoms with Crippen LogP contribution in [-0.4, -0.2) is 9.91 Å². The third kappa shape index (κ3) is 1.99. The Hall–Kier alpha value is -1.81. The molecule has 1 rings (SSSR count). The number of halogens is 3. The minimum atomic E-state index is -2.95. The monoisotopic (exact) mass is 233 g/mol. The highest BCUT2D eigenvalue weighted by molar-refractivity contribution is 6.33. The number of aromatic nitrogens is 1. The van der Waals surface area contributed by atoms with Crippen LogP contribution < -0.4 is 0 Å². The van der Waals surface area contributed by atoms with E-state index in [4.69, 9.17) is 16.9 Å². The highest BCUT2D eigenvalue weighted by Crippen LogP contribution is 2.32. The molecule has 1 aromatic rings. The van der Waals surface area contributed by atoms with E-state index in [0.717, 1.165) is 0 Å². The van der Waals surface area contributed by atoms with E-state index in [2.05, 4.69) is 4.98 Å². The Balaban J connectivity index is 3.48. The van der Waals surface area contributed by atoms with E-state index in [1.165, 1.54) is 6.07 Å². The zero-order valence-electron chi connectivity index (χ0n) is 6.95. The van der Waals surface area contributed by atoms with E-state index >= 15 is 0 Å². The van der Waals surface area contributed by atoms with E-state index in [1.54, 1.807) is 0 Å². The van der Waals surface area contributed by atoms with Gasteiger partial charge in [0.1, 0.15) is 6.07 Å². The van der Waals surface area contributed by atoms with Crippen molar-refractivity contribution in [2.75, 3.05) is 0 Å². The van der Waals surface area contributed by atoms with Gasteiger partial charge in [0.15, 0.2) is 11.2 Å². The molecule has 0 aromatic carbocycles. The van der Waals surface area contributed by atoms with Crippen molar-refractivity contribution in [3.05, 3.63) is 32.5 Å². The van der Waals surface area contributed by atoms with Gasteiger partial charge < -0.3 is 10.1 Å². The highest BCUT2D eigenvalue weighted by Gasteiger charge is 2.25. The minimum absolute atomic E-state index is 0.577. The van der Waals surface area contributed by atoms with Gasteiger partial charge in [-0.15, -0.1) is 0 Å². The first kappa shape index (κ1) is 11.3. The fraction of sp³-hybridized carbons (Fsp3) is 0.143. The van der Waals surface area contributed by atoms with Gasteiger partial charge in [0.05, 0.1) is 11.1 Å². The normalized spacial score (nSPS) is 10.1. The molecule has 5 nitrogen and oxygen atoms in total. The summed E-state index contributed by atoms with van der Waals surface area (Å²) in [4.78, 5) is 12.5. The number of rotatable bonds is 2. The van der Waals surface area contributed by atoms with E-state index < -0.39 is 33.3 Å². The zero-order valence-corrected chi connectivity index (χ0v) is 7.70. The number of pyridine rings is 1. The first-order valence-corrected chi connectivity index (χ1v) is 3.87. The van der Waals surface area contributed by atoms with E-state index in [-0.39, 0.29) is 0 Å². The van der Waals surface area contributed by atoms with Gasteiger partial charge >= 0.3 is 5.82 Å². The Labute approximate surface area is 87.1 Å². The first-order valence-electron chi connectivity index (χ1n) is 3.50. The number of hydrogen-bond acceptors (Lipinski definition) is 4. The lowest BCUT2D eigenvalue weighted by molar-refractivity contribution is -0.389. The molecule has 15 heavy (non-hydrogen) atoms. The maximum Gasteiger partial charge on any atom is 0.383 e. The smallest absolute Gasteiger partial charge is 0.358 e. The molecule has 0 aliphatic rings. The number of nitrogens with zero attached hydrogens (tertiary/aromatic N) is 3. The van der Waals surface area contributed by atoms with Crippen LogP contribution in [0.1, 0.15) is 17.6 Å². The van der Waals surface area contributed by atoms with Crippen LogP contribution in [0, 0.1) is 21.4 Å². The second-order valence-electron chi connectivity index (χ2n) is 2.40. The molecule has 0 fully saturated rings. The Morgan fingerprint density at radius 2 is 2.27 bits per heavy atom. The molecular formula is C7H2ClF2N3O2. The zero-order chi connectivity index (χ0) is 11.6. The third-order valence-corrected chi connectivity index (χ3v) is 1.91. The molecule has 78 valence electrons. The van der Waals surface area contributed by atoms with E-state index in [0.29, 0.717) is 6.20 Å². The Bertz CT molecular complexity index is 458. The van der Waals surface area contributed by atoms with Crippen molar-refractivity contribution in [3.63, 3.8) is 0 Å². The molecule has 0 amide bonds. The van der Waals surface area contributed by atoms with Crippen molar-refractivity contribution in [2.45, 2.75) is 6.43 Å². The largest absolute Gasteiger partial charge is 0.383 e. The molecule has 8 heteroatoms. The summed E-state index contributed by atoms with van der Waals surface area (Å²) in [5.74, 6) is -0.808.